The number of benzene rings is 1. The number of esters is 1. The van der Waals surface area contributed by atoms with E-state index in [0.717, 1.165) is 44.1 Å². The average Bonchev–Trinajstić information content (AvgIpc) is 3.65. The van der Waals surface area contributed by atoms with Crippen molar-refractivity contribution >= 4 is 29.6 Å². The normalized spacial score (nSPS) is 20.1. The van der Waals surface area contributed by atoms with E-state index in [1.54, 1.807) is 53.9 Å². The lowest BCUT2D eigenvalue weighted by Gasteiger charge is -2.43. The molecule has 2 N–H and O–H groups in total. The molecule has 8 atom stereocenters. The van der Waals surface area contributed by atoms with Crippen LogP contribution >= 0.6 is 0 Å². The maximum atomic E-state index is 14.5. The summed E-state index contributed by atoms with van der Waals surface area (Å²) in [5.74, 6) is -2.14. The quantitative estimate of drug-likeness (QED) is 0.169. The fourth-order valence-corrected chi connectivity index (χ4v) is 9.24. The van der Waals surface area contributed by atoms with E-state index in [1.807, 2.05) is 81.9 Å². The summed E-state index contributed by atoms with van der Waals surface area (Å²) in [7, 11) is 8.67. The summed E-state index contributed by atoms with van der Waals surface area (Å²) in [4.78, 5) is 75.3. The number of hydrogen-bond acceptors (Lipinski definition) is 9. The van der Waals surface area contributed by atoms with Gasteiger partial charge in [0.05, 0.1) is 42.7 Å². The van der Waals surface area contributed by atoms with Gasteiger partial charge in [-0.05, 0) is 83.9 Å². The van der Waals surface area contributed by atoms with Crippen LogP contribution in [0.3, 0.4) is 0 Å². The standard InChI is InChI=1S/C46H77N5O8/c1-29(2)38(48-43(54)39(30(3)4)49(9)10)44(55)50(11)40(33-23-18-15-19-24-33)36(57-12)28-37(52)51-26-20-25-35(51)41(58-13)31(5)42(53)47-34(45(56)59-46(6,7)8)27-32-21-16-14-17-22-32/h14,16-17,21-22,29-31,33-36,38-41H,15,18-20,23-28H2,1-13H3,(H,47,53)(H,48,54)/t31-,34+,35+,36-,38+,39+,40+,41-/m1/s1. The zero-order valence-corrected chi connectivity index (χ0v) is 38.4. The largest absolute Gasteiger partial charge is 0.458 e. The van der Waals surface area contributed by atoms with Gasteiger partial charge in [0, 0.05) is 34.2 Å². The fourth-order valence-electron chi connectivity index (χ4n) is 9.24. The minimum atomic E-state index is -0.919. The van der Waals surface area contributed by atoms with Gasteiger partial charge in [0.25, 0.3) is 0 Å². The molecular weight excluding hydrogens is 751 g/mol. The van der Waals surface area contributed by atoms with Crippen LogP contribution in [-0.4, -0.2) is 134 Å². The molecule has 4 amide bonds. The lowest BCUT2D eigenvalue weighted by molar-refractivity contribution is -0.159. The predicted octanol–water partition coefficient (Wildman–Crippen LogP) is 5.24. The van der Waals surface area contributed by atoms with Crippen molar-refractivity contribution in [1.29, 1.82) is 0 Å². The van der Waals surface area contributed by atoms with Gasteiger partial charge in [0.1, 0.15) is 17.7 Å². The lowest BCUT2D eigenvalue weighted by Crippen LogP contribution is -2.60. The predicted molar refractivity (Wildman–Crippen MR) is 230 cm³/mol. The summed E-state index contributed by atoms with van der Waals surface area (Å²) in [6.45, 7) is 15.5. The molecule has 3 rings (SSSR count). The summed E-state index contributed by atoms with van der Waals surface area (Å²) in [6, 6.07) is 6.61. The van der Waals surface area contributed by atoms with E-state index in [9.17, 15) is 24.0 Å². The number of nitrogens with one attached hydrogen (secondary N) is 2. The van der Waals surface area contributed by atoms with E-state index in [-0.39, 0.29) is 54.2 Å². The number of likely N-dealkylation sites (tertiary alicyclic amines) is 1. The molecule has 13 nitrogen and oxygen atoms in total. The Hall–Kier alpha value is -3.55. The molecule has 0 aromatic heterocycles. The van der Waals surface area contributed by atoms with Gasteiger partial charge in [-0.2, -0.15) is 0 Å². The van der Waals surface area contributed by atoms with E-state index in [2.05, 4.69) is 10.6 Å². The molecule has 1 aliphatic heterocycles. The van der Waals surface area contributed by atoms with Crippen LogP contribution in [0.25, 0.3) is 0 Å². The van der Waals surface area contributed by atoms with Crippen LogP contribution in [0, 0.1) is 23.7 Å². The van der Waals surface area contributed by atoms with Crippen molar-refractivity contribution < 1.29 is 38.2 Å². The highest BCUT2D eigenvalue weighted by Gasteiger charge is 2.44. The fraction of sp³-hybridized carbons (Fsp3) is 0.761. The van der Waals surface area contributed by atoms with Crippen LogP contribution < -0.4 is 10.6 Å². The van der Waals surface area contributed by atoms with Crippen molar-refractivity contribution in [3.05, 3.63) is 35.9 Å². The number of carbonyl (C=O) groups is 5. The Balaban J connectivity index is 1.84. The maximum Gasteiger partial charge on any atom is 0.329 e. The van der Waals surface area contributed by atoms with E-state index in [1.165, 1.54) is 0 Å². The van der Waals surface area contributed by atoms with Gasteiger partial charge in [0.15, 0.2) is 0 Å². The SMILES string of the molecule is CO[C@H]([C@@H](C)C(=O)N[C@@H](Cc1ccccc1)C(=O)OC(C)(C)C)[C@@H]1CCCN1C(=O)C[C@@H](OC)[C@H](C1CCCCC1)N(C)C(=O)[C@@H](NC(=O)[C@H](C(C)C)N(C)C)C(C)C. The number of methoxy groups -OCH3 is 2. The number of nitrogens with zero attached hydrogens (tertiary/aromatic N) is 3. The third-order valence-electron chi connectivity index (χ3n) is 12.1. The molecule has 0 unspecified atom stereocenters. The highest BCUT2D eigenvalue weighted by Crippen LogP contribution is 2.34. The molecular formula is C46H77N5O8. The Morgan fingerprint density at radius 2 is 1.44 bits per heavy atom. The summed E-state index contributed by atoms with van der Waals surface area (Å²) < 4.78 is 17.9. The first kappa shape index (κ1) is 49.8. The molecule has 0 spiro atoms. The molecule has 2 fully saturated rings. The first-order valence-corrected chi connectivity index (χ1v) is 21.9. The molecule has 1 saturated heterocycles. The number of amides is 4. The topological polar surface area (TPSA) is 147 Å². The Bertz CT molecular complexity index is 1500. The lowest BCUT2D eigenvalue weighted by atomic mass is 9.80. The van der Waals surface area contributed by atoms with Crippen LogP contribution in [-0.2, 0) is 44.6 Å². The molecule has 1 saturated carbocycles. The van der Waals surface area contributed by atoms with Crippen LogP contribution in [0.5, 0.6) is 0 Å². The number of rotatable bonds is 20. The molecule has 1 aliphatic carbocycles. The maximum absolute atomic E-state index is 14.5. The van der Waals surface area contributed by atoms with Crippen molar-refractivity contribution in [3.8, 4) is 0 Å². The first-order valence-electron chi connectivity index (χ1n) is 21.9. The molecule has 1 heterocycles. The second kappa shape index (κ2) is 22.9. The highest BCUT2D eigenvalue weighted by atomic mass is 16.6. The molecule has 0 bridgehead atoms. The van der Waals surface area contributed by atoms with E-state index < -0.39 is 59.9 Å². The smallest absolute Gasteiger partial charge is 0.329 e. The van der Waals surface area contributed by atoms with Crippen molar-refractivity contribution in [2.75, 3.05) is 41.9 Å². The second-order valence-corrected chi connectivity index (χ2v) is 18.8. The molecule has 334 valence electrons. The van der Waals surface area contributed by atoms with Gasteiger partial charge < -0.3 is 34.6 Å². The summed E-state index contributed by atoms with van der Waals surface area (Å²) in [6.07, 6.45) is 5.41. The van der Waals surface area contributed by atoms with Gasteiger partial charge in [-0.1, -0.05) is 84.2 Å². The summed E-state index contributed by atoms with van der Waals surface area (Å²) in [5, 5.41) is 6.03. The molecule has 59 heavy (non-hydrogen) atoms. The number of carbonyl (C=O) groups excluding carboxylic acids is 5. The molecule has 13 heteroatoms. The van der Waals surface area contributed by atoms with Crippen LogP contribution in [0.4, 0.5) is 0 Å². The molecule has 2 aliphatic rings. The third kappa shape index (κ3) is 14.0. The number of hydrogen-bond donors (Lipinski definition) is 2. The summed E-state index contributed by atoms with van der Waals surface area (Å²) >= 11 is 0. The summed E-state index contributed by atoms with van der Waals surface area (Å²) in [5.41, 5.74) is 0.141. The van der Waals surface area contributed by atoms with Crippen molar-refractivity contribution in [2.24, 2.45) is 23.7 Å². The first-order chi connectivity index (χ1) is 27.7. The minimum absolute atomic E-state index is 0.0371. The van der Waals surface area contributed by atoms with Gasteiger partial charge in [-0.3, -0.25) is 24.1 Å². The van der Waals surface area contributed by atoms with Gasteiger partial charge in [-0.25, -0.2) is 4.79 Å². The van der Waals surface area contributed by atoms with Crippen molar-refractivity contribution in [3.63, 3.8) is 0 Å². The van der Waals surface area contributed by atoms with Gasteiger partial charge in [-0.15, -0.1) is 0 Å². The van der Waals surface area contributed by atoms with E-state index in [0.29, 0.717) is 13.0 Å². The Morgan fingerprint density at radius 3 is 1.97 bits per heavy atom. The van der Waals surface area contributed by atoms with Crippen LogP contribution in [0.2, 0.25) is 0 Å². The van der Waals surface area contributed by atoms with Crippen LogP contribution in [0.1, 0.15) is 112 Å². The van der Waals surface area contributed by atoms with Gasteiger partial charge in [0.2, 0.25) is 23.6 Å². The van der Waals surface area contributed by atoms with Crippen molar-refractivity contribution in [1.82, 2.24) is 25.3 Å². The molecule has 0 radical (unpaired) electrons. The molecule has 1 aromatic carbocycles. The van der Waals surface area contributed by atoms with E-state index in [4.69, 9.17) is 14.2 Å². The Morgan fingerprint density at radius 1 is 0.814 bits per heavy atom. The van der Waals surface area contributed by atoms with Crippen LogP contribution in [0.15, 0.2) is 30.3 Å². The monoisotopic (exact) mass is 828 g/mol. The average molecular weight is 828 g/mol. The molecule has 1 aromatic rings. The minimum Gasteiger partial charge on any atom is -0.458 e. The zero-order chi connectivity index (χ0) is 44.2. The Labute approximate surface area is 355 Å². The van der Waals surface area contributed by atoms with Gasteiger partial charge >= 0.3 is 5.97 Å². The third-order valence-corrected chi connectivity index (χ3v) is 12.1. The second-order valence-electron chi connectivity index (χ2n) is 18.8. The Kier molecular flexibility index (Phi) is 19.3. The number of ether oxygens (including phenoxy) is 3. The number of likely N-dealkylation sites (N-methyl/N-ethyl adjacent to an activating group) is 2. The van der Waals surface area contributed by atoms with E-state index >= 15 is 0 Å². The van der Waals surface area contributed by atoms with Crippen molar-refractivity contribution in [2.45, 2.75) is 161 Å². The zero-order valence-electron chi connectivity index (χ0n) is 38.4. The highest BCUT2D eigenvalue weighted by molar-refractivity contribution is 5.90.